The van der Waals surface area contributed by atoms with E-state index in [0.717, 1.165) is 5.56 Å². The summed E-state index contributed by atoms with van der Waals surface area (Å²) in [6.07, 6.45) is 3.64. The van der Waals surface area contributed by atoms with Gasteiger partial charge in [-0.3, -0.25) is 4.79 Å². The molecule has 0 aliphatic heterocycles. The molecule has 0 saturated heterocycles. The van der Waals surface area contributed by atoms with Crippen LogP contribution in [0.25, 0.3) is 0 Å². The van der Waals surface area contributed by atoms with Gasteiger partial charge in [0.25, 0.3) is 0 Å². The molecule has 2 rings (SSSR count). The Kier molecular flexibility index (Phi) is 4.93. The minimum atomic E-state index is -1.20. The smallest absolute Gasteiger partial charge is 0.330 e. The molecule has 1 heterocycles. The van der Waals surface area contributed by atoms with E-state index >= 15 is 0 Å². The maximum absolute atomic E-state index is 13.3. The topological polar surface area (TPSA) is 79.5 Å². The Morgan fingerprint density at radius 2 is 2.14 bits per heavy atom. The lowest BCUT2D eigenvalue weighted by Gasteiger charge is -2.15. The minimum Gasteiger partial charge on any atom is -0.479 e. The molecule has 1 unspecified atom stereocenters. The zero-order valence-electron chi connectivity index (χ0n) is 12.0. The minimum absolute atomic E-state index is 0.142. The molecule has 0 spiro atoms. The number of halogens is 1. The van der Waals surface area contributed by atoms with Gasteiger partial charge in [-0.25, -0.2) is 9.18 Å². The summed E-state index contributed by atoms with van der Waals surface area (Å²) in [6, 6.07) is 4.52. The van der Waals surface area contributed by atoms with E-state index in [1.807, 2.05) is 0 Å². The molecule has 0 aliphatic carbocycles. The molecular weight excluding hydrogens is 289 g/mol. The maximum Gasteiger partial charge on any atom is 0.330 e. The summed E-state index contributed by atoms with van der Waals surface area (Å²) in [7, 11) is 0. The van der Waals surface area contributed by atoms with Crippen molar-refractivity contribution in [2.75, 3.05) is 0 Å². The summed E-state index contributed by atoms with van der Waals surface area (Å²) < 4.78 is 18.2. The number of carboxylic acid groups (broad SMARTS) is 1. The molecule has 22 heavy (non-hydrogen) atoms. The lowest BCUT2D eigenvalue weighted by molar-refractivity contribution is -0.142. The van der Waals surface area contributed by atoms with Gasteiger partial charge in [0.15, 0.2) is 6.04 Å². The number of carbonyl (C=O) groups is 2. The molecule has 0 radical (unpaired) electrons. The van der Waals surface area contributed by atoms with Crippen LogP contribution in [0.15, 0.2) is 41.2 Å². The lowest BCUT2D eigenvalue weighted by atomic mass is 10.0. The van der Waals surface area contributed by atoms with Gasteiger partial charge < -0.3 is 14.8 Å². The Morgan fingerprint density at radius 3 is 2.73 bits per heavy atom. The number of amides is 1. The van der Waals surface area contributed by atoms with Crippen molar-refractivity contribution in [1.29, 1.82) is 0 Å². The van der Waals surface area contributed by atoms with Crippen LogP contribution >= 0.6 is 0 Å². The van der Waals surface area contributed by atoms with E-state index < -0.39 is 23.7 Å². The third-order valence-electron chi connectivity index (χ3n) is 3.29. The number of aryl methyl sites for hydroxylation is 2. The molecule has 116 valence electrons. The quantitative estimate of drug-likeness (QED) is 0.859. The summed E-state index contributed by atoms with van der Waals surface area (Å²) in [4.78, 5) is 23.2. The number of hydrogen-bond acceptors (Lipinski definition) is 3. The third kappa shape index (κ3) is 3.94. The summed E-state index contributed by atoms with van der Waals surface area (Å²) in [5.41, 5.74) is 1.53. The van der Waals surface area contributed by atoms with Gasteiger partial charge in [-0.15, -0.1) is 0 Å². The third-order valence-corrected chi connectivity index (χ3v) is 3.29. The zero-order valence-corrected chi connectivity index (χ0v) is 12.0. The van der Waals surface area contributed by atoms with Crippen LogP contribution in [0.4, 0.5) is 4.39 Å². The van der Waals surface area contributed by atoms with Crippen molar-refractivity contribution in [3.63, 3.8) is 0 Å². The van der Waals surface area contributed by atoms with Crippen molar-refractivity contribution < 1.29 is 23.5 Å². The van der Waals surface area contributed by atoms with Crippen molar-refractivity contribution in [3.05, 3.63) is 59.3 Å². The number of hydrogen-bond donors (Lipinski definition) is 2. The van der Waals surface area contributed by atoms with E-state index in [1.54, 1.807) is 13.0 Å². The molecule has 0 aliphatic rings. The molecule has 0 fully saturated rings. The predicted octanol–water partition coefficient (Wildman–Crippen LogP) is 2.60. The normalized spacial score (nSPS) is 11.9. The Hall–Kier alpha value is -2.63. The Morgan fingerprint density at radius 1 is 1.36 bits per heavy atom. The van der Waals surface area contributed by atoms with Crippen LogP contribution in [0.3, 0.4) is 0 Å². The van der Waals surface area contributed by atoms with Crippen LogP contribution in [-0.2, 0) is 16.0 Å². The van der Waals surface area contributed by atoms with Gasteiger partial charge in [-0.05, 0) is 42.2 Å². The van der Waals surface area contributed by atoms with E-state index in [9.17, 15) is 19.1 Å². The van der Waals surface area contributed by atoms with Gasteiger partial charge in [0.1, 0.15) is 5.82 Å². The molecule has 1 aromatic carbocycles. The number of furan rings is 1. The lowest BCUT2D eigenvalue weighted by Crippen LogP contribution is -2.33. The molecule has 0 bridgehead atoms. The second kappa shape index (κ2) is 6.89. The molecule has 2 aromatic rings. The Labute approximate surface area is 126 Å². The first-order valence-corrected chi connectivity index (χ1v) is 6.76. The van der Waals surface area contributed by atoms with Crippen LogP contribution in [0, 0.1) is 12.7 Å². The average Bonchev–Trinajstić information content (AvgIpc) is 2.98. The Bertz CT molecular complexity index is 667. The highest BCUT2D eigenvalue weighted by atomic mass is 19.1. The maximum atomic E-state index is 13.3. The van der Waals surface area contributed by atoms with Crippen molar-refractivity contribution in [2.45, 2.75) is 25.8 Å². The van der Waals surface area contributed by atoms with Crippen LogP contribution in [0.2, 0.25) is 0 Å². The van der Waals surface area contributed by atoms with Crippen molar-refractivity contribution >= 4 is 11.9 Å². The van der Waals surface area contributed by atoms with E-state index in [-0.39, 0.29) is 6.42 Å². The highest BCUT2D eigenvalue weighted by molar-refractivity contribution is 5.84. The number of nitrogens with one attached hydrogen (secondary N) is 1. The van der Waals surface area contributed by atoms with Crippen LogP contribution in [0.1, 0.15) is 29.2 Å². The van der Waals surface area contributed by atoms with Crippen LogP contribution < -0.4 is 5.32 Å². The SMILES string of the molecule is Cc1cc(C(NC(=O)CCc2ccoc2)C(=O)O)ccc1F. The first kappa shape index (κ1) is 15.8. The fraction of sp³-hybridized carbons (Fsp3) is 0.250. The monoisotopic (exact) mass is 305 g/mol. The zero-order chi connectivity index (χ0) is 16.1. The second-order valence-electron chi connectivity index (χ2n) is 4.98. The predicted molar refractivity (Wildman–Crippen MR) is 76.7 cm³/mol. The summed E-state index contributed by atoms with van der Waals surface area (Å²) in [5.74, 6) is -2.00. The Balaban J connectivity index is 2.03. The van der Waals surface area contributed by atoms with Gasteiger partial charge in [0, 0.05) is 6.42 Å². The molecule has 0 saturated carbocycles. The van der Waals surface area contributed by atoms with E-state index in [4.69, 9.17) is 4.42 Å². The molecule has 1 aromatic heterocycles. The largest absolute Gasteiger partial charge is 0.479 e. The molecular formula is C16H16FNO4. The van der Waals surface area contributed by atoms with E-state index in [1.165, 1.54) is 30.7 Å². The first-order chi connectivity index (χ1) is 10.5. The van der Waals surface area contributed by atoms with Gasteiger partial charge in [0.05, 0.1) is 12.5 Å². The molecule has 6 heteroatoms. The fourth-order valence-electron chi connectivity index (χ4n) is 2.06. The summed E-state index contributed by atoms with van der Waals surface area (Å²) in [5, 5.41) is 11.7. The number of benzene rings is 1. The average molecular weight is 305 g/mol. The van der Waals surface area contributed by atoms with Crippen molar-refractivity contribution in [1.82, 2.24) is 5.32 Å². The highest BCUT2D eigenvalue weighted by Gasteiger charge is 2.22. The number of carbonyl (C=O) groups excluding carboxylic acids is 1. The van der Waals surface area contributed by atoms with E-state index in [0.29, 0.717) is 17.5 Å². The molecule has 1 amide bonds. The summed E-state index contributed by atoms with van der Waals surface area (Å²) in [6.45, 7) is 1.54. The highest BCUT2D eigenvalue weighted by Crippen LogP contribution is 2.17. The molecule has 1 atom stereocenters. The van der Waals surface area contributed by atoms with Gasteiger partial charge >= 0.3 is 5.97 Å². The number of aliphatic carboxylic acids is 1. The van der Waals surface area contributed by atoms with Gasteiger partial charge in [0.2, 0.25) is 5.91 Å². The fourth-order valence-corrected chi connectivity index (χ4v) is 2.06. The van der Waals surface area contributed by atoms with E-state index in [2.05, 4.69) is 5.32 Å². The summed E-state index contributed by atoms with van der Waals surface area (Å²) >= 11 is 0. The van der Waals surface area contributed by atoms with Gasteiger partial charge in [-0.2, -0.15) is 0 Å². The standard InChI is InChI=1S/C16H16FNO4/c1-10-8-12(3-4-13(10)17)15(16(20)21)18-14(19)5-2-11-6-7-22-9-11/h3-4,6-9,15H,2,5H2,1H3,(H,18,19)(H,20,21). The number of carboxylic acids is 1. The van der Waals surface area contributed by atoms with Crippen LogP contribution in [-0.4, -0.2) is 17.0 Å². The molecule has 2 N–H and O–H groups in total. The first-order valence-electron chi connectivity index (χ1n) is 6.76. The van der Waals surface area contributed by atoms with Crippen molar-refractivity contribution in [3.8, 4) is 0 Å². The second-order valence-corrected chi connectivity index (χ2v) is 4.98. The van der Waals surface area contributed by atoms with Crippen LogP contribution in [0.5, 0.6) is 0 Å². The molecule has 5 nitrogen and oxygen atoms in total. The number of rotatable bonds is 6. The van der Waals surface area contributed by atoms with Gasteiger partial charge in [-0.1, -0.05) is 12.1 Å². The van der Waals surface area contributed by atoms with Crippen molar-refractivity contribution in [2.24, 2.45) is 0 Å².